The van der Waals surface area contributed by atoms with Gasteiger partial charge in [0.2, 0.25) is 0 Å². The van der Waals surface area contributed by atoms with Crippen LogP contribution in [0, 0.1) is 0 Å². The van der Waals surface area contributed by atoms with Crippen LogP contribution < -0.4 is 10.5 Å². The molecule has 1 rings (SSSR count). The van der Waals surface area contributed by atoms with Gasteiger partial charge in [0.05, 0.1) is 7.11 Å². The number of halogens is 1. The molecule has 0 heterocycles. The maximum atomic E-state index is 9.39. The van der Waals surface area contributed by atoms with E-state index in [1.54, 1.807) is 6.07 Å². The van der Waals surface area contributed by atoms with Crippen molar-refractivity contribution >= 4 is 11.6 Å². The number of hydrogen-bond acceptors (Lipinski definition) is 3. The van der Waals surface area contributed by atoms with E-state index >= 15 is 0 Å². The normalized spacial score (nSPS) is 12.6. The number of ether oxygens (including phenoxy) is 1. The Morgan fingerprint density at radius 3 is 2.62 bits per heavy atom. The molecule has 0 fully saturated rings. The maximum Gasteiger partial charge on any atom is 0.141 e. The number of aromatic hydroxyl groups is 1. The number of phenolic OH excluding ortho intramolecular Hbond substituents is 1. The van der Waals surface area contributed by atoms with Gasteiger partial charge in [0.25, 0.3) is 0 Å². The van der Waals surface area contributed by atoms with Crippen LogP contribution in [0.1, 0.15) is 18.5 Å². The Kier molecular flexibility index (Phi) is 3.01. The molecule has 0 aliphatic heterocycles. The van der Waals surface area contributed by atoms with E-state index in [0.29, 0.717) is 5.75 Å². The van der Waals surface area contributed by atoms with E-state index in [0.717, 1.165) is 5.56 Å². The van der Waals surface area contributed by atoms with Gasteiger partial charge in [0, 0.05) is 6.04 Å². The predicted molar refractivity (Wildman–Crippen MR) is 52.3 cm³/mol. The van der Waals surface area contributed by atoms with Crippen molar-refractivity contribution in [2.24, 2.45) is 5.73 Å². The number of methoxy groups -OCH3 is 1. The molecule has 1 unspecified atom stereocenters. The third-order valence-corrected chi connectivity index (χ3v) is 2.17. The molecule has 3 N–H and O–H groups in total. The highest BCUT2D eigenvalue weighted by Crippen LogP contribution is 2.35. The zero-order valence-corrected chi connectivity index (χ0v) is 8.30. The summed E-state index contributed by atoms with van der Waals surface area (Å²) in [7, 11) is 1.49. The van der Waals surface area contributed by atoms with Crippen molar-refractivity contribution in [1.29, 1.82) is 0 Å². The van der Waals surface area contributed by atoms with E-state index in [9.17, 15) is 5.11 Å². The quantitative estimate of drug-likeness (QED) is 0.770. The fraction of sp³-hybridized carbons (Fsp3) is 0.333. The largest absolute Gasteiger partial charge is 0.506 e. The Morgan fingerprint density at radius 2 is 2.15 bits per heavy atom. The van der Waals surface area contributed by atoms with Crippen molar-refractivity contribution in [3.8, 4) is 11.5 Å². The van der Waals surface area contributed by atoms with Crippen LogP contribution in [0.3, 0.4) is 0 Å². The first-order chi connectivity index (χ1) is 6.06. The molecular formula is C9H12ClNO2. The molecule has 0 aliphatic rings. The van der Waals surface area contributed by atoms with Gasteiger partial charge in [-0.1, -0.05) is 11.6 Å². The molecule has 3 nitrogen and oxygen atoms in total. The van der Waals surface area contributed by atoms with E-state index in [1.165, 1.54) is 13.2 Å². The topological polar surface area (TPSA) is 55.5 Å². The van der Waals surface area contributed by atoms with Gasteiger partial charge in [-0.15, -0.1) is 0 Å². The zero-order valence-electron chi connectivity index (χ0n) is 7.54. The summed E-state index contributed by atoms with van der Waals surface area (Å²) in [5.74, 6) is 0.433. The van der Waals surface area contributed by atoms with E-state index in [2.05, 4.69) is 0 Å². The fourth-order valence-electron chi connectivity index (χ4n) is 1.02. The highest BCUT2D eigenvalue weighted by Gasteiger charge is 2.10. The molecular weight excluding hydrogens is 190 g/mol. The van der Waals surface area contributed by atoms with Gasteiger partial charge in [0.15, 0.2) is 0 Å². The first-order valence-electron chi connectivity index (χ1n) is 3.88. The Morgan fingerprint density at radius 1 is 1.54 bits per heavy atom. The monoisotopic (exact) mass is 201 g/mol. The van der Waals surface area contributed by atoms with Crippen LogP contribution in [0.4, 0.5) is 0 Å². The third-order valence-electron chi connectivity index (χ3n) is 1.79. The lowest BCUT2D eigenvalue weighted by Gasteiger charge is -2.10. The average Bonchev–Trinajstić information content (AvgIpc) is 2.09. The first-order valence-corrected chi connectivity index (χ1v) is 4.26. The summed E-state index contributed by atoms with van der Waals surface area (Å²) >= 11 is 5.75. The van der Waals surface area contributed by atoms with E-state index in [4.69, 9.17) is 22.1 Å². The molecule has 0 spiro atoms. The zero-order chi connectivity index (χ0) is 10.0. The summed E-state index contributed by atoms with van der Waals surface area (Å²) in [6, 6.07) is 3.10. The molecule has 1 atom stereocenters. The van der Waals surface area contributed by atoms with Crippen molar-refractivity contribution in [2.45, 2.75) is 13.0 Å². The number of hydrogen-bond donors (Lipinski definition) is 2. The summed E-state index contributed by atoms with van der Waals surface area (Å²) in [6.07, 6.45) is 0. The Labute approximate surface area is 82.1 Å². The Hall–Kier alpha value is -0.930. The van der Waals surface area contributed by atoms with Gasteiger partial charge >= 0.3 is 0 Å². The summed E-state index contributed by atoms with van der Waals surface area (Å²) in [5.41, 5.74) is 6.44. The van der Waals surface area contributed by atoms with Crippen LogP contribution in [0.15, 0.2) is 12.1 Å². The SMILES string of the molecule is COc1cc(C(C)N)cc(O)c1Cl. The lowest BCUT2D eigenvalue weighted by atomic mass is 10.1. The second kappa shape index (κ2) is 3.85. The van der Waals surface area contributed by atoms with Crippen molar-refractivity contribution in [3.63, 3.8) is 0 Å². The highest BCUT2D eigenvalue weighted by atomic mass is 35.5. The third kappa shape index (κ3) is 2.05. The molecule has 4 heteroatoms. The number of nitrogens with two attached hydrogens (primary N) is 1. The van der Waals surface area contributed by atoms with Crippen LogP contribution >= 0.6 is 11.6 Å². The molecule has 0 saturated carbocycles. The van der Waals surface area contributed by atoms with Crippen LogP contribution in [-0.4, -0.2) is 12.2 Å². The summed E-state index contributed by atoms with van der Waals surface area (Å²) in [4.78, 5) is 0. The smallest absolute Gasteiger partial charge is 0.141 e. The van der Waals surface area contributed by atoms with Crippen LogP contribution in [0.25, 0.3) is 0 Å². The van der Waals surface area contributed by atoms with Crippen molar-refractivity contribution in [1.82, 2.24) is 0 Å². The molecule has 0 amide bonds. The van der Waals surface area contributed by atoms with Gasteiger partial charge in [-0.25, -0.2) is 0 Å². The van der Waals surface area contributed by atoms with Crippen molar-refractivity contribution in [3.05, 3.63) is 22.7 Å². The molecule has 13 heavy (non-hydrogen) atoms. The molecule has 1 aromatic rings. The average molecular weight is 202 g/mol. The Balaban J connectivity index is 3.22. The minimum Gasteiger partial charge on any atom is -0.506 e. The van der Waals surface area contributed by atoms with Crippen molar-refractivity contribution in [2.75, 3.05) is 7.11 Å². The van der Waals surface area contributed by atoms with E-state index in [-0.39, 0.29) is 16.8 Å². The van der Waals surface area contributed by atoms with E-state index in [1.807, 2.05) is 6.92 Å². The first kappa shape index (κ1) is 10.2. The molecule has 72 valence electrons. The summed E-state index contributed by atoms with van der Waals surface area (Å²) in [6.45, 7) is 1.82. The molecule has 0 bridgehead atoms. The number of rotatable bonds is 2. The summed E-state index contributed by atoms with van der Waals surface area (Å²) < 4.78 is 4.97. The minimum atomic E-state index is -0.155. The number of benzene rings is 1. The standard InChI is InChI=1S/C9H12ClNO2/c1-5(11)6-3-7(12)9(10)8(4-6)13-2/h3-5,12H,11H2,1-2H3. The van der Waals surface area contributed by atoms with Gasteiger partial charge in [-0.05, 0) is 24.6 Å². The minimum absolute atomic E-state index is 0.00619. The fourth-order valence-corrected chi connectivity index (χ4v) is 1.20. The molecule has 0 aromatic heterocycles. The van der Waals surface area contributed by atoms with Crippen LogP contribution in [0.2, 0.25) is 5.02 Å². The van der Waals surface area contributed by atoms with Crippen LogP contribution in [0.5, 0.6) is 11.5 Å². The van der Waals surface area contributed by atoms with Gasteiger partial charge in [-0.2, -0.15) is 0 Å². The van der Waals surface area contributed by atoms with Gasteiger partial charge in [-0.3, -0.25) is 0 Å². The van der Waals surface area contributed by atoms with E-state index < -0.39 is 0 Å². The molecule has 1 aromatic carbocycles. The lowest BCUT2D eigenvalue weighted by molar-refractivity contribution is 0.406. The van der Waals surface area contributed by atoms with Crippen molar-refractivity contribution < 1.29 is 9.84 Å². The van der Waals surface area contributed by atoms with Gasteiger partial charge < -0.3 is 15.6 Å². The lowest BCUT2D eigenvalue weighted by Crippen LogP contribution is -2.05. The van der Waals surface area contributed by atoms with Crippen LogP contribution in [-0.2, 0) is 0 Å². The second-order valence-electron chi connectivity index (χ2n) is 2.84. The number of phenols is 1. The molecule has 0 saturated heterocycles. The second-order valence-corrected chi connectivity index (χ2v) is 3.22. The molecule has 0 radical (unpaired) electrons. The van der Waals surface area contributed by atoms with Gasteiger partial charge in [0.1, 0.15) is 16.5 Å². The highest BCUT2D eigenvalue weighted by molar-refractivity contribution is 6.33. The maximum absolute atomic E-state index is 9.39. The Bertz CT molecular complexity index is 313. The summed E-state index contributed by atoms with van der Waals surface area (Å²) in [5, 5.41) is 9.61. The predicted octanol–water partition coefficient (Wildman–Crippen LogP) is 2.07. The molecule has 0 aliphatic carbocycles.